The van der Waals surface area contributed by atoms with Gasteiger partial charge in [-0.05, 0) is 38.1 Å². The number of fused-ring (bicyclic) bond motifs is 2. The molecule has 2 N–H and O–H groups in total. The number of ether oxygens (including phenoxy) is 1. The Hall–Kier alpha value is -3.59. The van der Waals surface area contributed by atoms with Crippen LogP contribution in [-0.2, 0) is 9.53 Å². The van der Waals surface area contributed by atoms with Gasteiger partial charge in [0.25, 0.3) is 5.91 Å². The lowest BCUT2D eigenvalue weighted by molar-refractivity contribution is -0.123. The molecule has 1 amide bonds. The highest BCUT2D eigenvalue weighted by molar-refractivity contribution is 6.31. The second kappa shape index (κ2) is 7.44. The lowest BCUT2D eigenvalue weighted by Crippen LogP contribution is -2.30. The summed E-state index contributed by atoms with van der Waals surface area (Å²) in [6, 6.07) is 6.86. The molecule has 3 aromatic heterocycles. The van der Waals surface area contributed by atoms with Gasteiger partial charge in [0, 0.05) is 10.4 Å². The van der Waals surface area contributed by atoms with Crippen molar-refractivity contribution in [2.45, 2.75) is 20.0 Å². The summed E-state index contributed by atoms with van der Waals surface area (Å²) in [5.74, 6) is -0.949. The number of aryl methyl sites for hydroxylation is 1. The van der Waals surface area contributed by atoms with Gasteiger partial charge in [0.2, 0.25) is 0 Å². The summed E-state index contributed by atoms with van der Waals surface area (Å²) in [5.41, 5.74) is 2.36. The van der Waals surface area contributed by atoms with Gasteiger partial charge in [-0.25, -0.2) is 19.7 Å². The van der Waals surface area contributed by atoms with Crippen molar-refractivity contribution >= 4 is 51.4 Å². The van der Waals surface area contributed by atoms with Crippen LogP contribution in [0.1, 0.15) is 23.0 Å². The molecule has 0 aliphatic heterocycles. The average Bonchev–Trinajstić information content (AvgIpc) is 3.17. The Morgan fingerprint density at radius 1 is 1.21 bits per heavy atom. The zero-order chi connectivity index (χ0) is 20.5. The molecule has 0 aliphatic carbocycles. The maximum absolute atomic E-state index is 12.6. The molecule has 0 fully saturated rings. The lowest BCUT2D eigenvalue weighted by Gasteiger charge is -2.14. The second-order valence-electron chi connectivity index (χ2n) is 6.32. The Morgan fingerprint density at radius 3 is 2.86 bits per heavy atom. The number of anilines is 1. The fraction of sp³-hybridized carbons (Fsp3) is 0.158. The number of nitrogens with one attached hydrogen (secondary N) is 2. The topological polar surface area (TPSA) is 123 Å². The van der Waals surface area contributed by atoms with Gasteiger partial charge in [0.1, 0.15) is 11.8 Å². The minimum Gasteiger partial charge on any atom is -0.449 e. The molecule has 146 valence electrons. The first-order valence-electron chi connectivity index (χ1n) is 8.65. The molecule has 10 heteroatoms. The summed E-state index contributed by atoms with van der Waals surface area (Å²) >= 11 is 6.01. The number of amides is 1. The molecule has 9 nitrogen and oxygen atoms in total. The number of imidazole rings is 1. The van der Waals surface area contributed by atoms with Crippen LogP contribution in [0.15, 0.2) is 36.9 Å². The van der Waals surface area contributed by atoms with Crippen LogP contribution in [0.25, 0.3) is 22.1 Å². The predicted molar refractivity (Wildman–Crippen MR) is 107 cm³/mol. The van der Waals surface area contributed by atoms with Crippen molar-refractivity contribution in [1.29, 1.82) is 0 Å². The van der Waals surface area contributed by atoms with Gasteiger partial charge in [-0.2, -0.15) is 0 Å². The molecule has 0 radical (unpaired) electrons. The lowest BCUT2D eigenvalue weighted by atomic mass is 10.1. The number of hydrogen-bond donors (Lipinski definition) is 2. The van der Waals surface area contributed by atoms with E-state index >= 15 is 0 Å². The summed E-state index contributed by atoms with van der Waals surface area (Å²) in [5, 5.41) is 3.84. The van der Waals surface area contributed by atoms with Crippen molar-refractivity contribution in [3.05, 3.63) is 53.2 Å². The number of pyridine rings is 1. The van der Waals surface area contributed by atoms with E-state index in [1.165, 1.54) is 19.6 Å². The first-order chi connectivity index (χ1) is 13.9. The molecule has 0 saturated carbocycles. The Balaban J connectivity index is 1.52. The minimum absolute atomic E-state index is 0.249. The van der Waals surface area contributed by atoms with Gasteiger partial charge < -0.3 is 15.0 Å². The highest BCUT2D eigenvalue weighted by Crippen LogP contribution is 2.22. The molecule has 4 rings (SSSR count). The van der Waals surface area contributed by atoms with Crippen molar-refractivity contribution in [2.24, 2.45) is 0 Å². The van der Waals surface area contributed by atoms with Gasteiger partial charge >= 0.3 is 5.97 Å². The van der Waals surface area contributed by atoms with E-state index in [4.69, 9.17) is 16.3 Å². The molecular formula is C19H15ClN6O3. The summed E-state index contributed by atoms with van der Waals surface area (Å²) in [4.78, 5) is 44.3. The van der Waals surface area contributed by atoms with Crippen LogP contribution < -0.4 is 5.32 Å². The number of aromatic nitrogens is 5. The molecule has 29 heavy (non-hydrogen) atoms. The summed E-state index contributed by atoms with van der Waals surface area (Å²) in [6.45, 7) is 3.17. The monoisotopic (exact) mass is 410 g/mol. The number of hydrogen-bond acceptors (Lipinski definition) is 7. The standard InChI is InChI=1S/C19H15ClN6O3/c1-9-13(6-11-5-12(20)3-4-14(11)25-9)19(28)29-10(2)18(27)26-17-15-16(22-7-21-15)23-8-24-17/h3-8,10H,1-2H3,(H2,21,22,23,24,26,27). The molecule has 0 saturated heterocycles. The van der Waals surface area contributed by atoms with Crippen molar-refractivity contribution in [3.63, 3.8) is 0 Å². The van der Waals surface area contributed by atoms with Crippen LogP contribution in [0.2, 0.25) is 5.02 Å². The van der Waals surface area contributed by atoms with Crippen LogP contribution >= 0.6 is 11.6 Å². The van der Waals surface area contributed by atoms with Crippen molar-refractivity contribution < 1.29 is 14.3 Å². The summed E-state index contributed by atoms with van der Waals surface area (Å²) in [7, 11) is 0. The number of carbonyl (C=O) groups excluding carboxylic acids is 2. The second-order valence-corrected chi connectivity index (χ2v) is 6.76. The third kappa shape index (κ3) is 3.72. The normalized spacial score (nSPS) is 12.1. The molecule has 1 aromatic carbocycles. The third-order valence-corrected chi connectivity index (χ3v) is 4.54. The summed E-state index contributed by atoms with van der Waals surface area (Å²) < 4.78 is 5.33. The summed E-state index contributed by atoms with van der Waals surface area (Å²) in [6.07, 6.45) is 1.66. The fourth-order valence-electron chi connectivity index (χ4n) is 2.81. The fourth-order valence-corrected chi connectivity index (χ4v) is 2.99. The number of rotatable bonds is 4. The molecule has 0 bridgehead atoms. The molecule has 3 heterocycles. The first-order valence-corrected chi connectivity index (χ1v) is 9.03. The zero-order valence-electron chi connectivity index (χ0n) is 15.4. The molecule has 0 spiro atoms. The van der Waals surface area contributed by atoms with Gasteiger partial charge in [-0.3, -0.25) is 9.78 Å². The van der Waals surface area contributed by atoms with E-state index in [0.29, 0.717) is 32.8 Å². The Kier molecular flexibility index (Phi) is 4.81. The van der Waals surface area contributed by atoms with E-state index in [-0.39, 0.29) is 11.4 Å². The van der Waals surface area contributed by atoms with Crippen LogP contribution in [0, 0.1) is 6.92 Å². The van der Waals surface area contributed by atoms with E-state index in [1.807, 2.05) is 0 Å². The number of benzene rings is 1. The quantitative estimate of drug-likeness (QED) is 0.495. The minimum atomic E-state index is -1.06. The van der Waals surface area contributed by atoms with E-state index in [0.717, 1.165) is 0 Å². The number of nitrogens with zero attached hydrogens (tertiary/aromatic N) is 4. The van der Waals surface area contributed by atoms with E-state index < -0.39 is 18.0 Å². The third-order valence-electron chi connectivity index (χ3n) is 4.30. The van der Waals surface area contributed by atoms with Gasteiger partial charge in [-0.1, -0.05) is 11.6 Å². The molecule has 1 atom stereocenters. The van der Waals surface area contributed by atoms with Gasteiger partial charge in [0.15, 0.2) is 17.6 Å². The average molecular weight is 411 g/mol. The van der Waals surface area contributed by atoms with E-state index in [1.54, 1.807) is 31.2 Å². The maximum atomic E-state index is 12.6. The van der Waals surface area contributed by atoms with Crippen LogP contribution in [0.4, 0.5) is 5.82 Å². The number of esters is 1. The van der Waals surface area contributed by atoms with E-state index in [2.05, 4.69) is 30.2 Å². The number of H-pyrrole nitrogens is 1. The Morgan fingerprint density at radius 2 is 2.03 bits per heavy atom. The van der Waals surface area contributed by atoms with Crippen LogP contribution in [0.3, 0.4) is 0 Å². The number of halogens is 1. The van der Waals surface area contributed by atoms with Crippen molar-refractivity contribution in [1.82, 2.24) is 24.9 Å². The largest absolute Gasteiger partial charge is 0.449 e. The van der Waals surface area contributed by atoms with Crippen molar-refractivity contribution in [3.8, 4) is 0 Å². The Labute approximate surface area is 169 Å². The van der Waals surface area contributed by atoms with E-state index in [9.17, 15) is 9.59 Å². The highest BCUT2D eigenvalue weighted by Gasteiger charge is 2.22. The van der Waals surface area contributed by atoms with Crippen molar-refractivity contribution in [2.75, 3.05) is 5.32 Å². The zero-order valence-corrected chi connectivity index (χ0v) is 16.2. The highest BCUT2D eigenvalue weighted by atomic mass is 35.5. The van der Waals surface area contributed by atoms with Crippen LogP contribution in [0.5, 0.6) is 0 Å². The molecule has 1 unspecified atom stereocenters. The predicted octanol–water partition coefficient (Wildman–Crippen LogP) is 3.05. The van der Waals surface area contributed by atoms with Gasteiger partial charge in [0.05, 0.1) is 23.1 Å². The molecule has 4 aromatic rings. The maximum Gasteiger partial charge on any atom is 0.340 e. The first kappa shape index (κ1) is 18.8. The molecule has 0 aliphatic rings. The molecular weight excluding hydrogens is 396 g/mol. The Bertz CT molecular complexity index is 1260. The SMILES string of the molecule is Cc1nc2ccc(Cl)cc2cc1C(=O)OC(C)C(=O)Nc1ncnc2nc[nH]c12. The smallest absolute Gasteiger partial charge is 0.340 e. The van der Waals surface area contributed by atoms with Crippen LogP contribution in [-0.4, -0.2) is 42.9 Å². The number of aromatic amines is 1. The number of carbonyl (C=O) groups is 2. The van der Waals surface area contributed by atoms with Gasteiger partial charge in [-0.15, -0.1) is 0 Å².